The van der Waals surface area contributed by atoms with Crippen LogP contribution in [0.25, 0.3) is 0 Å². The van der Waals surface area contributed by atoms with Gasteiger partial charge >= 0.3 is 0 Å². The lowest BCUT2D eigenvalue weighted by Crippen LogP contribution is -2.59. The van der Waals surface area contributed by atoms with Crippen LogP contribution < -0.4 is 5.32 Å². The summed E-state index contributed by atoms with van der Waals surface area (Å²) in [6.07, 6.45) is 7.19. The van der Waals surface area contributed by atoms with Crippen LogP contribution in [0.5, 0.6) is 0 Å². The molecule has 0 radical (unpaired) electrons. The van der Waals surface area contributed by atoms with Gasteiger partial charge in [-0.2, -0.15) is 0 Å². The van der Waals surface area contributed by atoms with Crippen molar-refractivity contribution < 1.29 is 0 Å². The molecule has 1 saturated heterocycles. The van der Waals surface area contributed by atoms with E-state index < -0.39 is 0 Å². The van der Waals surface area contributed by atoms with Crippen LogP contribution in [0, 0.1) is 5.92 Å². The van der Waals surface area contributed by atoms with Crippen LogP contribution in [0.3, 0.4) is 0 Å². The second-order valence-corrected chi connectivity index (χ2v) is 5.88. The van der Waals surface area contributed by atoms with Crippen molar-refractivity contribution in [3.8, 4) is 0 Å². The minimum Gasteiger partial charge on any atom is -0.311 e. The lowest BCUT2D eigenvalue weighted by molar-refractivity contribution is 0.0387. The van der Waals surface area contributed by atoms with Gasteiger partial charge in [0.25, 0.3) is 0 Å². The zero-order valence-corrected chi connectivity index (χ0v) is 11.2. The van der Waals surface area contributed by atoms with E-state index in [0.29, 0.717) is 6.04 Å². The Hall–Kier alpha value is -0.0800. The van der Waals surface area contributed by atoms with Crippen LogP contribution in [-0.2, 0) is 0 Å². The van der Waals surface area contributed by atoms with Gasteiger partial charge in [0, 0.05) is 31.2 Å². The Bertz CT molecular complexity index is 217. The van der Waals surface area contributed by atoms with Crippen molar-refractivity contribution in [1.82, 2.24) is 10.2 Å². The molecule has 2 fully saturated rings. The van der Waals surface area contributed by atoms with E-state index in [-0.39, 0.29) is 0 Å². The Balaban J connectivity index is 2.02. The molecule has 0 aromatic carbocycles. The summed E-state index contributed by atoms with van der Waals surface area (Å²) in [5.74, 6) is 0.960. The summed E-state index contributed by atoms with van der Waals surface area (Å²) < 4.78 is 0. The first-order valence-electron chi connectivity index (χ1n) is 7.21. The molecule has 2 heteroatoms. The predicted molar refractivity (Wildman–Crippen MR) is 69.7 cm³/mol. The van der Waals surface area contributed by atoms with Crippen molar-refractivity contribution in [3.05, 3.63) is 0 Å². The second-order valence-electron chi connectivity index (χ2n) is 5.88. The monoisotopic (exact) mass is 224 g/mol. The van der Waals surface area contributed by atoms with Gasteiger partial charge in [0.1, 0.15) is 0 Å². The van der Waals surface area contributed by atoms with Crippen LogP contribution >= 0.6 is 0 Å². The first-order chi connectivity index (χ1) is 7.72. The van der Waals surface area contributed by atoms with Crippen LogP contribution in [-0.4, -0.2) is 36.1 Å². The molecule has 2 rings (SSSR count). The summed E-state index contributed by atoms with van der Waals surface area (Å²) in [4.78, 5) is 2.80. The smallest absolute Gasteiger partial charge is 0.0196 e. The summed E-state index contributed by atoms with van der Waals surface area (Å²) in [6.45, 7) is 9.51. The zero-order valence-electron chi connectivity index (χ0n) is 11.2. The Morgan fingerprint density at radius 3 is 2.69 bits per heavy atom. The standard InChI is InChI=1S/C14H28N2/c1-4-13-7-5-6-8-14(13)16-10-11(2)15-9-12(16)3/h11-15H,4-10H2,1-3H3. The van der Waals surface area contributed by atoms with E-state index in [2.05, 4.69) is 31.0 Å². The molecule has 4 atom stereocenters. The van der Waals surface area contributed by atoms with Gasteiger partial charge in [-0.15, -0.1) is 0 Å². The third-order valence-electron chi connectivity index (χ3n) is 4.63. The fourth-order valence-electron chi connectivity index (χ4n) is 3.61. The molecule has 0 spiro atoms. The molecule has 1 heterocycles. The van der Waals surface area contributed by atoms with Crippen molar-refractivity contribution in [2.75, 3.05) is 13.1 Å². The molecule has 0 aromatic heterocycles. The average Bonchev–Trinajstić information content (AvgIpc) is 2.32. The van der Waals surface area contributed by atoms with E-state index in [1.165, 1.54) is 45.2 Å². The highest BCUT2D eigenvalue weighted by molar-refractivity contribution is 4.90. The Morgan fingerprint density at radius 1 is 1.19 bits per heavy atom. The van der Waals surface area contributed by atoms with Gasteiger partial charge in [0.15, 0.2) is 0 Å². The molecule has 2 aliphatic rings. The van der Waals surface area contributed by atoms with Gasteiger partial charge in [0.05, 0.1) is 0 Å². The molecule has 0 amide bonds. The van der Waals surface area contributed by atoms with Gasteiger partial charge in [-0.25, -0.2) is 0 Å². The molecule has 1 saturated carbocycles. The summed E-state index contributed by atoms with van der Waals surface area (Å²) >= 11 is 0. The summed E-state index contributed by atoms with van der Waals surface area (Å²) in [5.41, 5.74) is 0. The number of nitrogens with one attached hydrogen (secondary N) is 1. The SMILES string of the molecule is CCC1CCCCC1N1CC(C)NCC1C. The Labute approximate surface area is 101 Å². The third-order valence-corrected chi connectivity index (χ3v) is 4.63. The molecule has 4 unspecified atom stereocenters. The maximum Gasteiger partial charge on any atom is 0.0196 e. The quantitative estimate of drug-likeness (QED) is 0.776. The first kappa shape index (κ1) is 12.4. The Kier molecular flexibility index (Phi) is 4.26. The van der Waals surface area contributed by atoms with Crippen molar-refractivity contribution >= 4 is 0 Å². The number of hydrogen-bond acceptors (Lipinski definition) is 2. The number of nitrogens with zero attached hydrogens (tertiary/aromatic N) is 1. The van der Waals surface area contributed by atoms with E-state index in [1.807, 2.05) is 0 Å². The van der Waals surface area contributed by atoms with Crippen molar-refractivity contribution in [2.24, 2.45) is 5.92 Å². The Morgan fingerprint density at radius 2 is 1.94 bits per heavy atom. The normalized spacial score (nSPS) is 42.2. The van der Waals surface area contributed by atoms with E-state index >= 15 is 0 Å². The fourth-order valence-corrected chi connectivity index (χ4v) is 3.61. The fraction of sp³-hybridized carbons (Fsp3) is 1.00. The summed E-state index contributed by atoms with van der Waals surface area (Å²) in [7, 11) is 0. The van der Waals surface area contributed by atoms with E-state index in [9.17, 15) is 0 Å². The van der Waals surface area contributed by atoms with Crippen molar-refractivity contribution in [2.45, 2.75) is 71.0 Å². The second kappa shape index (κ2) is 5.50. The highest BCUT2D eigenvalue weighted by atomic mass is 15.3. The van der Waals surface area contributed by atoms with E-state index in [1.54, 1.807) is 0 Å². The molecule has 0 aromatic rings. The van der Waals surface area contributed by atoms with Crippen molar-refractivity contribution in [3.63, 3.8) is 0 Å². The summed E-state index contributed by atoms with van der Waals surface area (Å²) in [6, 6.07) is 2.28. The van der Waals surface area contributed by atoms with Crippen LogP contribution in [0.1, 0.15) is 52.9 Å². The van der Waals surface area contributed by atoms with Crippen LogP contribution in [0.2, 0.25) is 0 Å². The molecule has 1 N–H and O–H groups in total. The lowest BCUT2D eigenvalue weighted by Gasteiger charge is -2.47. The molecule has 1 aliphatic heterocycles. The lowest BCUT2D eigenvalue weighted by atomic mass is 9.81. The van der Waals surface area contributed by atoms with Gasteiger partial charge in [0.2, 0.25) is 0 Å². The minimum absolute atomic E-state index is 0.677. The average molecular weight is 224 g/mol. The molecule has 2 nitrogen and oxygen atoms in total. The van der Waals surface area contributed by atoms with Gasteiger partial charge in [-0.3, -0.25) is 4.90 Å². The van der Waals surface area contributed by atoms with E-state index in [4.69, 9.17) is 0 Å². The molecule has 16 heavy (non-hydrogen) atoms. The largest absolute Gasteiger partial charge is 0.311 e. The van der Waals surface area contributed by atoms with Crippen LogP contribution in [0.15, 0.2) is 0 Å². The number of hydrogen-bond donors (Lipinski definition) is 1. The molecule has 1 aliphatic carbocycles. The summed E-state index contributed by atoms with van der Waals surface area (Å²) in [5, 5.41) is 3.59. The number of piperazine rings is 1. The first-order valence-corrected chi connectivity index (χ1v) is 7.21. The van der Waals surface area contributed by atoms with Crippen LogP contribution in [0.4, 0.5) is 0 Å². The topological polar surface area (TPSA) is 15.3 Å². The predicted octanol–water partition coefficient (Wildman–Crippen LogP) is 2.64. The minimum atomic E-state index is 0.677. The van der Waals surface area contributed by atoms with Crippen molar-refractivity contribution in [1.29, 1.82) is 0 Å². The zero-order chi connectivity index (χ0) is 11.5. The van der Waals surface area contributed by atoms with Gasteiger partial charge < -0.3 is 5.32 Å². The maximum absolute atomic E-state index is 3.59. The van der Waals surface area contributed by atoms with Gasteiger partial charge in [-0.05, 0) is 32.6 Å². The van der Waals surface area contributed by atoms with E-state index in [0.717, 1.165) is 18.0 Å². The highest BCUT2D eigenvalue weighted by Gasteiger charge is 2.34. The molecular weight excluding hydrogens is 196 g/mol. The number of rotatable bonds is 2. The molecule has 94 valence electrons. The highest BCUT2D eigenvalue weighted by Crippen LogP contribution is 2.32. The van der Waals surface area contributed by atoms with Gasteiger partial charge in [-0.1, -0.05) is 26.2 Å². The molecule has 0 bridgehead atoms. The molecular formula is C14H28N2. The third kappa shape index (κ3) is 2.60. The maximum atomic E-state index is 3.59.